The molecule has 1 saturated carbocycles. The van der Waals surface area contributed by atoms with Crippen LogP contribution >= 0.6 is 0 Å². The number of rotatable bonds is 10. The first kappa shape index (κ1) is 25.4. The Morgan fingerprint density at radius 3 is 2.50 bits per heavy atom. The number of amides is 3. The zero-order valence-electron chi connectivity index (χ0n) is 21.6. The maximum absolute atomic E-state index is 13.0. The molecule has 2 aromatic rings. The summed E-state index contributed by atoms with van der Waals surface area (Å²) in [5.41, 5.74) is 3.06. The lowest BCUT2D eigenvalue weighted by atomic mass is 9.85. The van der Waals surface area contributed by atoms with E-state index in [-0.39, 0.29) is 48.0 Å². The van der Waals surface area contributed by atoms with Gasteiger partial charge in [-0.3, -0.25) is 14.4 Å². The lowest BCUT2D eigenvalue weighted by molar-refractivity contribution is -0.140. The Balaban J connectivity index is 1.34. The Hall–Kier alpha value is -4.20. The van der Waals surface area contributed by atoms with Gasteiger partial charge in [-0.1, -0.05) is 36.4 Å². The van der Waals surface area contributed by atoms with Crippen molar-refractivity contribution in [2.24, 2.45) is 28.8 Å². The minimum Gasteiger partial charge on any atom is -0.490 e. The summed E-state index contributed by atoms with van der Waals surface area (Å²) in [6.45, 7) is 7.77. The fourth-order valence-corrected chi connectivity index (χ4v) is 5.65. The number of hydrogen-bond acceptors (Lipinski definition) is 6. The van der Waals surface area contributed by atoms with Crippen molar-refractivity contribution in [3.63, 3.8) is 0 Å². The molecule has 2 aliphatic carbocycles. The smallest absolute Gasteiger partial charge is 0.262 e. The van der Waals surface area contributed by atoms with Gasteiger partial charge in [-0.05, 0) is 67.9 Å². The third-order valence-corrected chi connectivity index (χ3v) is 7.35. The highest BCUT2D eigenvalue weighted by Crippen LogP contribution is 2.52. The zero-order chi connectivity index (χ0) is 26.8. The first-order chi connectivity index (χ1) is 18.4. The van der Waals surface area contributed by atoms with Gasteiger partial charge in [0.25, 0.3) is 17.7 Å². The van der Waals surface area contributed by atoms with E-state index >= 15 is 0 Å². The van der Waals surface area contributed by atoms with E-state index in [9.17, 15) is 14.4 Å². The molecule has 3 aliphatic rings. The van der Waals surface area contributed by atoms with Crippen molar-refractivity contribution in [2.75, 3.05) is 18.5 Å². The van der Waals surface area contributed by atoms with Crippen LogP contribution in [0, 0.1) is 30.6 Å². The van der Waals surface area contributed by atoms with Gasteiger partial charge in [0.15, 0.2) is 18.1 Å². The van der Waals surface area contributed by atoms with Gasteiger partial charge in [0.05, 0.1) is 24.7 Å². The molecule has 0 spiro atoms. The third-order valence-electron chi connectivity index (χ3n) is 7.35. The van der Waals surface area contributed by atoms with E-state index in [1.54, 1.807) is 12.1 Å². The predicted octanol–water partition coefficient (Wildman–Crippen LogP) is 4.28. The number of anilines is 1. The molecule has 1 aliphatic heterocycles. The summed E-state index contributed by atoms with van der Waals surface area (Å²) in [5.74, 6) is -0.220. The molecule has 2 fully saturated rings. The summed E-state index contributed by atoms with van der Waals surface area (Å²) in [6.07, 6.45) is 8.66. The second-order valence-electron chi connectivity index (χ2n) is 9.82. The SMILES string of the molecule is C=CCc1cc(C=NN2C(=O)[C@@H]3[C@H](C2=O)[C@H]2C=C[C@H]3C2)cc(OCC)c1OCC(=O)Nc1ccccc1C. The van der Waals surface area contributed by atoms with Gasteiger partial charge in [-0.2, -0.15) is 10.1 Å². The minimum absolute atomic E-state index is 0.129. The first-order valence-electron chi connectivity index (χ1n) is 12.9. The van der Waals surface area contributed by atoms with Crippen LogP contribution in [0.4, 0.5) is 5.69 Å². The Morgan fingerprint density at radius 2 is 1.84 bits per heavy atom. The Morgan fingerprint density at radius 1 is 1.13 bits per heavy atom. The molecule has 5 rings (SSSR count). The number of carbonyl (C=O) groups is 3. The van der Waals surface area contributed by atoms with Crippen molar-refractivity contribution >= 4 is 29.6 Å². The third kappa shape index (κ3) is 4.74. The van der Waals surface area contributed by atoms with Crippen molar-refractivity contribution in [1.82, 2.24) is 5.01 Å². The molecule has 2 bridgehead atoms. The number of carbonyl (C=O) groups excluding carboxylic acids is 3. The molecule has 2 aromatic carbocycles. The van der Waals surface area contributed by atoms with Crippen molar-refractivity contribution in [1.29, 1.82) is 0 Å². The van der Waals surface area contributed by atoms with E-state index < -0.39 is 0 Å². The topological polar surface area (TPSA) is 97.3 Å². The number of para-hydroxylation sites is 1. The van der Waals surface area contributed by atoms with Crippen molar-refractivity contribution in [3.05, 3.63) is 77.9 Å². The zero-order valence-corrected chi connectivity index (χ0v) is 21.6. The van der Waals surface area contributed by atoms with Crippen LogP contribution in [0.5, 0.6) is 11.5 Å². The van der Waals surface area contributed by atoms with Crippen LogP contribution in [0.1, 0.15) is 30.0 Å². The summed E-state index contributed by atoms with van der Waals surface area (Å²) in [4.78, 5) is 38.5. The van der Waals surface area contributed by atoms with Crippen LogP contribution in [0.15, 0.2) is 66.3 Å². The fraction of sp³-hybridized carbons (Fsp3) is 0.333. The van der Waals surface area contributed by atoms with E-state index in [1.807, 2.05) is 44.2 Å². The molecule has 3 amide bonds. The molecular formula is C30H31N3O5. The molecule has 8 heteroatoms. The van der Waals surface area contributed by atoms with Crippen LogP contribution in [0.25, 0.3) is 0 Å². The standard InChI is InChI=1S/C30H31N3O5/c1-4-8-22-13-19(16-31-33-29(35)26-20-11-12-21(15-20)27(26)30(33)36)14-24(37-5-2)28(22)38-17-25(34)32-23-10-7-6-9-18(23)3/h4,6-7,9-14,16,20-21,26-27H,1,5,8,15,17H2,2-3H3,(H,32,34)/t20-,21-,26-,27+/m0/s1. The summed E-state index contributed by atoms with van der Waals surface area (Å²) < 4.78 is 11.8. The molecule has 1 N–H and O–H groups in total. The Bertz CT molecular complexity index is 1320. The van der Waals surface area contributed by atoms with E-state index in [0.29, 0.717) is 30.1 Å². The van der Waals surface area contributed by atoms with E-state index in [2.05, 4.69) is 29.1 Å². The van der Waals surface area contributed by atoms with Crippen LogP contribution < -0.4 is 14.8 Å². The van der Waals surface area contributed by atoms with Crippen molar-refractivity contribution in [2.45, 2.75) is 26.7 Å². The second kappa shape index (κ2) is 10.7. The number of allylic oxidation sites excluding steroid dienone is 3. The molecule has 38 heavy (non-hydrogen) atoms. The second-order valence-corrected chi connectivity index (χ2v) is 9.82. The van der Waals surface area contributed by atoms with E-state index in [4.69, 9.17) is 9.47 Å². The molecule has 0 aromatic heterocycles. The van der Waals surface area contributed by atoms with Gasteiger partial charge in [0, 0.05) is 11.3 Å². The number of benzene rings is 2. The molecule has 196 valence electrons. The lowest BCUT2D eigenvalue weighted by Gasteiger charge is -2.17. The van der Waals surface area contributed by atoms with E-state index in [0.717, 1.165) is 28.2 Å². The van der Waals surface area contributed by atoms with Crippen LogP contribution in [-0.4, -0.2) is 42.2 Å². The number of fused-ring (bicyclic) bond motifs is 5. The van der Waals surface area contributed by atoms with Gasteiger partial charge in [0.1, 0.15) is 0 Å². The monoisotopic (exact) mass is 513 g/mol. The summed E-state index contributed by atoms with van der Waals surface area (Å²) in [7, 11) is 0. The minimum atomic E-state index is -0.299. The Labute approximate surface area is 222 Å². The highest BCUT2D eigenvalue weighted by Gasteiger charge is 2.59. The number of imide groups is 1. The van der Waals surface area contributed by atoms with Gasteiger partial charge in [0.2, 0.25) is 0 Å². The highest BCUT2D eigenvalue weighted by atomic mass is 16.5. The molecule has 0 unspecified atom stereocenters. The van der Waals surface area contributed by atoms with Crippen LogP contribution in [-0.2, 0) is 20.8 Å². The quantitative estimate of drug-likeness (QED) is 0.291. The van der Waals surface area contributed by atoms with Crippen molar-refractivity contribution in [3.8, 4) is 11.5 Å². The van der Waals surface area contributed by atoms with E-state index in [1.165, 1.54) is 6.21 Å². The van der Waals surface area contributed by atoms with Gasteiger partial charge in [-0.15, -0.1) is 6.58 Å². The fourth-order valence-electron chi connectivity index (χ4n) is 5.65. The number of aryl methyl sites for hydroxylation is 1. The first-order valence-corrected chi connectivity index (χ1v) is 12.9. The lowest BCUT2D eigenvalue weighted by Crippen LogP contribution is -2.28. The highest BCUT2D eigenvalue weighted by molar-refractivity contribution is 6.06. The molecule has 8 nitrogen and oxygen atoms in total. The summed E-state index contributed by atoms with van der Waals surface area (Å²) >= 11 is 0. The molecule has 4 atom stereocenters. The molecule has 1 heterocycles. The largest absolute Gasteiger partial charge is 0.490 e. The predicted molar refractivity (Wildman–Crippen MR) is 144 cm³/mol. The molecular weight excluding hydrogens is 482 g/mol. The average molecular weight is 514 g/mol. The number of nitrogens with zero attached hydrogens (tertiary/aromatic N) is 2. The van der Waals surface area contributed by atoms with Crippen molar-refractivity contribution < 1.29 is 23.9 Å². The maximum atomic E-state index is 13.0. The molecule has 1 saturated heterocycles. The Kier molecular flexibility index (Phi) is 7.13. The maximum Gasteiger partial charge on any atom is 0.262 e. The summed E-state index contributed by atoms with van der Waals surface area (Å²) in [5, 5.41) is 8.18. The van der Waals surface area contributed by atoms with Gasteiger partial charge < -0.3 is 14.8 Å². The molecule has 0 radical (unpaired) electrons. The summed E-state index contributed by atoms with van der Waals surface area (Å²) in [6, 6.07) is 11.1. The normalized spacial score (nSPS) is 23.3. The van der Waals surface area contributed by atoms with Gasteiger partial charge in [-0.25, -0.2) is 0 Å². The number of ether oxygens (including phenoxy) is 2. The number of hydrogen-bond donors (Lipinski definition) is 1. The van der Waals surface area contributed by atoms with Crippen LogP contribution in [0.2, 0.25) is 0 Å². The van der Waals surface area contributed by atoms with Crippen LogP contribution in [0.3, 0.4) is 0 Å². The average Bonchev–Trinajstić information content (AvgIpc) is 3.58. The number of hydrazone groups is 1. The van der Waals surface area contributed by atoms with Gasteiger partial charge >= 0.3 is 0 Å². The number of nitrogens with one attached hydrogen (secondary N) is 1.